The molecule has 11 nitrogen and oxygen atoms in total. The summed E-state index contributed by atoms with van der Waals surface area (Å²) in [6, 6.07) is 16.4. The van der Waals surface area contributed by atoms with Crippen molar-refractivity contribution in [1.82, 2.24) is 0 Å². The van der Waals surface area contributed by atoms with Gasteiger partial charge in [0.25, 0.3) is 5.69 Å². The van der Waals surface area contributed by atoms with Crippen LogP contribution in [0.1, 0.15) is 18.9 Å². The lowest BCUT2D eigenvalue weighted by atomic mass is 10.1. The summed E-state index contributed by atoms with van der Waals surface area (Å²) < 4.78 is 5.43. The number of azo groups is 2. The van der Waals surface area contributed by atoms with E-state index in [9.17, 15) is 20.3 Å². The van der Waals surface area contributed by atoms with Gasteiger partial charge in [-0.05, 0) is 48.9 Å². The molecule has 0 aromatic heterocycles. The van der Waals surface area contributed by atoms with Gasteiger partial charge in [-0.1, -0.05) is 6.92 Å². The minimum Gasteiger partial charge on any atom is -0.494 e. The number of benzene rings is 3. The summed E-state index contributed by atoms with van der Waals surface area (Å²) in [5.41, 5.74) is 3.25. The smallest absolute Gasteiger partial charge is 0.269 e. The Morgan fingerprint density at radius 1 is 0.889 bits per heavy atom. The molecule has 0 radical (unpaired) electrons. The van der Waals surface area contributed by atoms with Gasteiger partial charge in [-0.3, -0.25) is 10.1 Å². The fourth-order valence-electron chi connectivity index (χ4n) is 3.42. The number of hydrogen-bond acceptors (Lipinski definition) is 10. The van der Waals surface area contributed by atoms with Crippen LogP contribution in [-0.2, 0) is 6.61 Å². The molecule has 36 heavy (non-hydrogen) atoms. The van der Waals surface area contributed by atoms with Crippen molar-refractivity contribution in [3.63, 3.8) is 0 Å². The number of nitro groups is 1. The molecule has 11 heteroatoms. The Labute approximate surface area is 208 Å². The van der Waals surface area contributed by atoms with E-state index in [0.717, 1.165) is 18.7 Å². The average molecular weight is 493 g/mol. The quantitative estimate of drug-likeness (QED) is 0.176. The Hall–Kier alpha value is -4.22. The van der Waals surface area contributed by atoms with E-state index in [1.54, 1.807) is 12.1 Å². The second-order valence-electron chi connectivity index (χ2n) is 7.71. The molecule has 0 amide bonds. The second-order valence-corrected chi connectivity index (χ2v) is 7.71. The van der Waals surface area contributed by atoms with Crippen LogP contribution < -0.4 is 9.64 Å². The predicted octanol–water partition coefficient (Wildman–Crippen LogP) is 6.14. The van der Waals surface area contributed by atoms with Crippen LogP contribution in [0, 0.1) is 10.1 Å². The highest BCUT2D eigenvalue weighted by Gasteiger charge is 2.11. The van der Waals surface area contributed by atoms with Crippen LogP contribution in [0.2, 0.25) is 0 Å². The number of anilines is 1. The normalized spacial score (nSPS) is 11.3. The van der Waals surface area contributed by atoms with Crippen LogP contribution >= 0.6 is 0 Å². The van der Waals surface area contributed by atoms with Gasteiger partial charge in [0.1, 0.15) is 11.4 Å². The van der Waals surface area contributed by atoms with Crippen LogP contribution in [-0.4, -0.2) is 41.9 Å². The van der Waals surface area contributed by atoms with E-state index < -0.39 is 4.92 Å². The number of methoxy groups -OCH3 is 1. The maximum absolute atomic E-state index is 10.8. The molecule has 0 unspecified atom stereocenters. The lowest BCUT2D eigenvalue weighted by Gasteiger charge is -2.23. The number of ether oxygens (including phenoxy) is 1. The van der Waals surface area contributed by atoms with Crippen molar-refractivity contribution in [2.75, 3.05) is 31.7 Å². The van der Waals surface area contributed by atoms with E-state index >= 15 is 0 Å². The molecule has 0 bridgehead atoms. The van der Waals surface area contributed by atoms with E-state index in [2.05, 4.69) is 32.3 Å². The highest BCUT2D eigenvalue weighted by molar-refractivity contribution is 5.63. The van der Waals surface area contributed by atoms with Crippen LogP contribution in [0.15, 0.2) is 81.1 Å². The van der Waals surface area contributed by atoms with Crippen molar-refractivity contribution in [3.05, 3.63) is 76.3 Å². The molecule has 3 aromatic carbocycles. The first-order valence-electron chi connectivity index (χ1n) is 11.3. The van der Waals surface area contributed by atoms with Crippen LogP contribution in [0.25, 0.3) is 0 Å². The van der Waals surface area contributed by atoms with Crippen molar-refractivity contribution in [1.29, 1.82) is 0 Å². The maximum atomic E-state index is 10.8. The van der Waals surface area contributed by atoms with E-state index in [4.69, 9.17) is 4.74 Å². The Morgan fingerprint density at radius 2 is 1.50 bits per heavy atom. The van der Waals surface area contributed by atoms with Gasteiger partial charge in [0.15, 0.2) is 0 Å². The third-order valence-electron chi connectivity index (χ3n) is 5.24. The van der Waals surface area contributed by atoms with Gasteiger partial charge in [0.05, 0.1) is 42.3 Å². The van der Waals surface area contributed by atoms with Gasteiger partial charge in [-0.2, -0.15) is 15.3 Å². The molecule has 0 saturated carbocycles. The van der Waals surface area contributed by atoms with Crippen LogP contribution in [0.5, 0.6) is 5.75 Å². The first-order valence-corrected chi connectivity index (χ1v) is 11.3. The Bertz CT molecular complexity index is 1210. The summed E-state index contributed by atoms with van der Waals surface area (Å²) in [4.78, 5) is 12.4. The first-order chi connectivity index (χ1) is 17.5. The van der Waals surface area contributed by atoms with Gasteiger partial charge < -0.3 is 19.8 Å². The molecule has 0 fully saturated rings. The summed E-state index contributed by atoms with van der Waals surface area (Å²) in [5.74, 6) is 0.391. The lowest BCUT2D eigenvalue weighted by Crippen LogP contribution is -2.27. The van der Waals surface area contributed by atoms with E-state index in [1.807, 2.05) is 24.3 Å². The number of hydrogen-bond donors (Lipinski definition) is 2. The van der Waals surface area contributed by atoms with Crippen LogP contribution in [0.4, 0.5) is 34.1 Å². The number of nitro benzene ring substituents is 1. The summed E-state index contributed by atoms with van der Waals surface area (Å²) in [6.45, 7) is 3.26. The number of rotatable bonds is 12. The van der Waals surface area contributed by atoms with Crippen molar-refractivity contribution >= 4 is 34.1 Å². The van der Waals surface area contributed by atoms with E-state index in [1.165, 1.54) is 31.4 Å². The Morgan fingerprint density at radius 3 is 2.03 bits per heavy atom. The molecule has 3 aromatic rings. The minimum atomic E-state index is -0.490. The topological polar surface area (TPSA) is 146 Å². The molecular formula is C25H28N6O5. The molecule has 0 spiro atoms. The molecule has 3 rings (SSSR count). The first kappa shape index (κ1) is 26.4. The number of aliphatic hydroxyl groups is 2. The van der Waals surface area contributed by atoms with E-state index in [-0.39, 0.29) is 18.9 Å². The molecule has 0 atom stereocenters. The molecule has 0 aliphatic rings. The zero-order valence-electron chi connectivity index (χ0n) is 20.1. The zero-order valence-corrected chi connectivity index (χ0v) is 20.1. The zero-order chi connectivity index (χ0) is 25.9. The van der Waals surface area contributed by atoms with Gasteiger partial charge in [-0.25, -0.2) is 0 Å². The average Bonchev–Trinajstić information content (AvgIpc) is 2.91. The van der Waals surface area contributed by atoms with Crippen molar-refractivity contribution in [2.24, 2.45) is 20.5 Å². The summed E-state index contributed by atoms with van der Waals surface area (Å²) in [7, 11) is 1.49. The van der Waals surface area contributed by atoms with Gasteiger partial charge in [-0.15, -0.1) is 5.11 Å². The number of nitrogens with zero attached hydrogens (tertiary/aromatic N) is 6. The largest absolute Gasteiger partial charge is 0.494 e. The molecular weight excluding hydrogens is 464 g/mol. The van der Waals surface area contributed by atoms with E-state index in [0.29, 0.717) is 40.6 Å². The Balaban J connectivity index is 1.81. The SMILES string of the molecule is CCCN(CCO)c1ccc(/N=N/c2cc(CO)c(/N=N/c3ccc([N+](=O)[O-])cc3)cc2OC)cc1. The third-order valence-corrected chi connectivity index (χ3v) is 5.24. The Kier molecular flexibility index (Phi) is 9.55. The van der Waals surface area contributed by atoms with Gasteiger partial charge >= 0.3 is 0 Å². The fourth-order valence-corrected chi connectivity index (χ4v) is 3.42. The second kappa shape index (κ2) is 13.0. The lowest BCUT2D eigenvalue weighted by molar-refractivity contribution is -0.384. The highest BCUT2D eigenvalue weighted by atomic mass is 16.6. The monoisotopic (exact) mass is 492 g/mol. The standard InChI is InChI=1S/C25H28N6O5/c1-3-12-30(13-14-32)21-8-4-19(5-9-21)27-29-24-15-18(17-33)23(16-25(24)36-2)28-26-20-6-10-22(11-7-20)31(34)35/h4-11,15-16,32-33H,3,12-14,17H2,1-2H3/b28-26+,29-27+. The predicted molar refractivity (Wildman–Crippen MR) is 136 cm³/mol. The minimum absolute atomic E-state index is 0.0422. The molecule has 0 heterocycles. The van der Waals surface area contributed by atoms with Gasteiger partial charge in [0, 0.05) is 42.5 Å². The third kappa shape index (κ3) is 6.90. The summed E-state index contributed by atoms with van der Waals surface area (Å²) in [5, 5.41) is 46.8. The molecule has 0 aliphatic carbocycles. The molecule has 188 valence electrons. The highest BCUT2D eigenvalue weighted by Crippen LogP contribution is 2.37. The van der Waals surface area contributed by atoms with Gasteiger partial charge in [0.2, 0.25) is 0 Å². The van der Waals surface area contributed by atoms with Crippen molar-refractivity contribution in [3.8, 4) is 5.75 Å². The summed E-state index contributed by atoms with van der Waals surface area (Å²) in [6.07, 6.45) is 0.970. The fraction of sp³-hybridized carbons (Fsp3) is 0.280. The number of non-ortho nitro benzene ring substituents is 1. The van der Waals surface area contributed by atoms with Crippen molar-refractivity contribution in [2.45, 2.75) is 20.0 Å². The molecule has 0 aliphatic heterocycles. The van der Waals surface area contributed by atoms with Crippen molar-refractivity contribution < 1.29 is 19.9 Å². The number of aliphatic hydroxyl groups excluding tert-OH is 2. The molecule has 0 saturated heterocycles. The maximum Gasteiger partial charge on any atom is 0.269 e. The molecule has 2 N–H and O–H groups in total. The summed E-state index contributed by atoms with van der Waals surface area (Å²) >= 11 is 0. The van der Waals surface area contributed by atoms with Crippen LogP contribution in [0.3, 0.4) is 0 Å².